The molecule has 0 aliphatic heterocycles. The maximum atomic E-state index is 4.67. The van der Waals surface area contributed by atoms with Crippen LogP contribution >= 0.6 is 17.6 Å². The topological polar surface area (TPSA) is 0 Å². The molecule has 0 unspecified atom stereocenters. The molecule has 36 heavy (non-hydrogen) atoms. The van der Waals surface area contributed by atoms with Gasteiger partial charge in [0, 0.05) is 0 Å². The molecule has 1 saturated carbocycles. The van der Waals surface area contributed by atoms with E-state index >= 15 is 0 Å². The van der Waals surface area contributed by atoms with Crippen molar-refractivity contribution in [2.24, 2.45) is 0 Å². The normalized spacial score (nSPS) is 12.6. The summed E-state index contributed by atoms with van der Waals surface area (Å²) in [5.74, 6) is 0. The Morgan fingerprint density at radius 3 is 0.861 bits per heavy atom. The van der Waals surface area contributed by atoms with Gasteiger partial charge in [-0.25, -0.2) is 0 Å². The first-order valence-electron chi connectivity index (χ1n) is 12.5. The van der Waals surface area contributed by atoms with E-state index in [1.165, 1.54) is 30.8 Å². The average Bonchev–Trinajstić information content (AvgIpc) is 3.48. The third kappa shape index (κ3) is 12.9. The standard InChI is InChI=1S/C18H15Ge.C9H21P.C5H5.ClH.Os/c1-4-10-16(11-5-1)19(17-12-6-2-7-13-17)18-14-8-3-9-15-18;1-7(2)10(8(3)4)9(5)6;1-2-4-5-3-1;;/h1-15H;7-9H,1-6H3;1-5H;1H;/q;;;;+1/p-1. The van der Waals surface area contributed by atoms with Gasteiger partial charge in [0.1, 0.15) is 0 Å². The van der Waals surface area contributed by atoms with Crippen molar-refractivity contribution in [3.63, 3.8) is 0 Å². The number of rotatable bonds is 6. The first-order chi connectivity index (χ1) is 17.4. The van der Waals surface area contributed by atoms with Crippen LogP contribution in [0, 0.1) is 32.1 Å². The van der Waals surface area contributed by atoms with E-state index in [9.17, 15) is 0 Å². The zero-order chi connectivity index (χ0) is 26.8. The van der Waals surface area contributed by atoms with E-state index in [1.807, 2.05) is 32.1 Å². The van der Waals surface area contributed by atoms with E-state index in [4.69, 9.17) is 0 Å². The summed E-state index contributed by atoms with van der Waals surface area (Å²) in [6.07, 6.45) is 10.0. The molecule has 0 atom stereocenters. The van der Waals surface area contributed by atoms with Gasteiger partial charge in [-0.15, -0.1) is 0 Å². The number of benzene rings is 3. The van der Waals surface area contributed by atoms with Gasteiger partial charge in [-0.05, 0) is 49.1 Å². The Hall–Kier alpha value is -0.441. The predicted octanol–water partition coefficient (Wildman–Crippen LogP) is 7.60. The molecule has 0 bridgehead atoms. The van der Waals surface area contributed by atoms with E-state index in [0.29, 0.717) is 0 Å². The van der Waals surface area contributed by atoms with Crippen LogP contribution in [-0.2, 0) is 17.6 Å². The Kier molecular flexibility index (Phi) is 19.1. The van der Waals surface area contributed by atoms with Crippen LogP contribution < -0.4 is 13.2 Å². The van der Waals surface area contributed by atoms with Gasteiger partial charge in [0.25, 0.3) is 0 Å². The van der Waals surface area contributed by atoms with Crippen LogP contribution in [-0.4, -0.2) is 31.3 Å². The zero-order valence-corrected chi connectivity index (χ0v) is 28.7. The van der Waals surface area contributed by atoms with Gasteiger partial charge >= 0.3 is 146 Å². The van der Waals surface area contributed by atoms with Crippen molar-refractivity contribution in [1.29, 1.82) is 0 Å². The molecule has 0 amide bonds. The predicted molar refractivity (Wildman–Crippen MR) is 164 cm³/mol. The first kappa shape index (κ1) is 33.6. The quantitative estimate of drug-likeness (QED) is 0.180. The van der Waals surface area contributed by atoms with Crippen LogP contribution in [0.4, 0.5) is 0 Å². The summed E-state index contributed by atoms with van der Waals surface area (Å²) in [7, 11) is 4.93. The first-order valence-corrected chi connectivity index (χ1v) is 20.4. The fourth-order valence-electron chi connectivity index (χ4n) is 4.42. The molecule has 6 radical (unpaired) electrons. The second-order valence-corrected chi connectivity index (χ2v) is 18.4. The van der Waals surface area contributed by atoms with E-state index in [2.05, 4.69) is 142 Å². The number of halogens is 1. The third-order valence-corrected chi connectivity index (χ3v) is 14.8. The van der Waals surface area contributed by atoms with Crippen LogP contribution in [0.15, 0.2) is 91.0 Å². The van der Waals surface area contributed by atoms with Crippen molar-refractivity contribution in [1.82, 2.24) is 0 Å². The Balaban J connectivity index is 0.000000319. The van der Waals surface area contributed by atoms with Crippen LogP contribution in [0.2, 0.25) is 0 Å². The molecule has 193 valence electrons. The second kappa shape index (κ2) is 20.5. The summed E-state index contributed by atoms with van der Waals surface area (Å²) in [6, 6.07) is 32.8. The molecule has 0 heterocycles. The van der Waals surface area contributed by atoms with E-state index < -0.39 is 14.3 Å². The molecule has 4 heteroatoms. The summed E-state index contributed by atoms with van der Waals surface area (Å²) in [6.45, 7) is 14.1. The van der Waals surface area contributed by atoms with Gasteiger partial charge in [-0.2, -0.15) is 0 Å². The Morgan fingerprint density at radius 2 is 0.694 bits per heavy atom. The number of hydrogen-bond acceptors (Lipinski definition) is 0. The van der Waals surface area contributed by atoms with Crippen molar-refractivity contribution >= 4 is 45.1 Å². The summed E-state index contributed by atoms with van der Waals surface area (Å²) in [4.78, 5) is 0. The van der Waals surface area contributed by atoms with Crippen molar-refractivity contribution < 1.29 is 17.6 Å². The minimum absolute atomic E-state index is 0.262. The summed E-state index contributed by atoms with van der Waals surface area (Å²) in [5, 5.41) is 0. The van der Waals surface area contributed by atoms with Crippen molar-refractivity contribution in [2.45, 2.75) is 58.5 Å². The second-order valence-electron chi connectivity index (χ2n) is 9.16. The Morgan fingerprint density at radius 1 is 0.472 bits per heavy atom. The van der Waals surface area contributed by atoms with Crippen LogP contribution in [0.3, 0.4) is 0 Å². The molecule has 0 saturated heterocycles. The molecule has 1 aliphatic rings. The molecule has 0 aromatic heterocycles. The molecule has 0 N–H and O–H groups in total. The summed E-state index contributed by atoms with van der Waals surface area (Å²) < 4.78 is 4.50. The van der Waals surface area contributed by atoms with E-state index in [-0.39, 0.29) is 7.92 Å². The van der Waals surface area contributed by atoms with E-state index in [0.717, 1.165) is 17.0 Å². The van der Waals surface area contributed by atoms with Crippen LogP contribution in [0.1, 0.15) is 41.5 Å². The Bertz CT molecular complexity index is 763. The molecule has 1 fully saturated rings. The Labute approximate surface area is 242 Å². The molecule has 3 aromatic carbocycles. The maximum absolute atomic E-state index is 4.67. The van der Waals surface area contributed by atoms with Gasteiger partial charge < -0.3 is 0 Å². The molecule has 0 nitrogen and oxygen atoms in total. The monoisotopic (exact) mass is 757 g/mol. The molecule has 4 rings (SSSR count). The molecule has 3 aromatic rings. The molecule has 1 aliphatic carbocycles. The van der Waals surface area contributed by atoms with Gasteiger partial charge in [0.2, 0.25) is 0 Å². The van der Waals surface area contributed by atoms with Gasteiger partial charge in [0.05, 0.1) is 0 Å². The fraction of sp³-hybridized carbons (Fsp3) is 0.281. The van der Waals surface area contributed by atoms with Gasteiger partial charge in [-0.3, -0.25) is 0 Å². The van der Waals surface area contributed by atoms with Crippen molar-refractivity contribution in [3.05, 3.63) is 123 Å². The van der Waals surface area contributed by atoms with Gasteiger partial charge in [0.15, 0.2) is 0 Å². The fourth-order valence-corrected chi connectivity index (χ4v) is 13.4. The molecule has 0 spiro atoms. The number of hydrogen-bond donors (Lipinski definition) is 0. The molecular formula is C32H41ClGeOsP. The zero-order valence-electron chi connectivity index (χ0n) is 22.5. The average molecular weight is 755 g/mol. The van der Waals surface area contributed by atoms with Gasteiger partial charge in [-0.1, -0.05) is 49.5 Å². The van der Waals surface area contributed by atoms with E-state index in [1.54, 1.807) is 0 Å². The summed E-state index contributed by atoms with van der Waals surface area (Å²) >= 11 is -0.299. The summed E-state index contributed by atoms with van der Waals surface area (Å²) in [5.41, 5.74) is 2.69. The van der Waals surface area contributed by atoms with Crippen molar-refractivity contribution in [3.8, 4) is 0 Å². The van der Waals surface area contributed by atoms with Crippen LogP contribution in [0.25, 0.3) is 0 Å². The molecular weight excluding hydrogens is 714 g/mol. The third-order valence-electron chi connectivity index (χ3n) is 5.53. The minimum atomic E-state index is -1.63. The SMILES string of the molecule is CC(C)P(C(C)C)C(C)C.[CH]1[CH][CH][CH][CH]1.[Cl][Os].c1cc[c]([Ge]([c]2ccccc2)[c]2ccccc2)cc1. The van der Waals surface area contributed by atoms with Crippen LogP contribution in [0.5, 0.6) is 0 Å². The van der Waals surface area contributed by atoms with Crippen molar-refractivity contribution in [2.75, 3.05) is 0 Å².